The van der Waals surface area contributed by atoms with Crippen LogP contribution in [0.3, 0.4) is 0 Å². The molecule has 4 nitrogen and oxygen atoms in total. The van der Waals surface area contributed by atoms with Crippen LogP contribution in [0.1, 0.15) is 26.7 Å². The molecular formula is C12H17NO3S. The molecule has 2 rings (SSSR count). The molecule has 1 saturated heterocycles. The van der Waals surface area contributed by atoms with E-state index in [0.717, 1.165) is 12.8 Å². The Morgan fingerprint density at radius 1 is 1.29 bits per heavy atom. The number of para-hydroxylation sites is 1. The van der Waals surface area contributed by atoms with Crippen LogP contribution in [0, 0.1) is 0 Å². The zero-order valence-corrected chi connectivity index (χ0v) is 10.9. The van der Waals surface area contributed by atoms with Crippen molar-refractivity contribution >= 4 is 10.0 Å². The van der Waals surface area contributed by atoms with E-state index in [1.807, 2.05) is 13.8 Å². The first kappa shape index (κ1) is 12.4. The lowest BCUT2D eigenvalue weighted by Crippen LogP contribution is -2.42. The summed E-state index contributed by atoms with van der Waals surface area (Å²) in [5.41, 5.74) is -0.374. The molecule has 1 aliphatic rings. The van der Waals surface area contributed by atoms with E-state index in [4.69, 9.17) is 0 Å². The molecule has 1 fully saturated rings. The predicted molar refractivity (Wildman–Crippen MR) is 65.3 cm³/mol. The third kappa shape index (κ3) is 2.05. The number of nitrogens with zero attached hydrogens (tertiary/aromatic N) is 1. The molecule has 0 atom stereocenters. The van der Waals surface area contributed by atoms with Crippen molar-refractivity contribution < 1.29 is 13.5 Å². The molecule has 1 aliphatic heterocycles. The number of aromatic hydroxyl groups is 1. The van der Waals surface area contributed by atoms with Gasteiger partial charge in [0.25, 0.3) is 0 Å². The van der Waals surface area contributed by atoms with Gasteiger partial charge in [0.1, 0.15) is 10.6 Å². The number of benzene rings is 1. The Bertz CT molecular complexity index is 522. The average molecular weight is 255 g/mol. The van der Waals surface area contributed by atoms with Crippen molar-refractivity contribution in [2.45, 2.75) is 37.1 Å². The molecule has 0 unspecified atom stereocenters. The SMILES string of the molecule is CC1(C)CCCN1S(=O)(=O)c1ccccc1O. The molecule has 1 aromatic rings. The fourth-order valence-corrected chi connectivity index (χ4v) is 4.25. The highest BCUT2D eigenvalue weighted by molar-refractivity contribution is 7.89. The highest BCUT2D eigenvalue weighted by Gasteiger charge is 2.41. The first-order valence-corrected chi connectivity index (χ1v) is 7.10. The lowest BCUT2D eigenvalue weighted by molar-refractivity contribution is 0.290. The number of rotatable bonds is 2. The van der Waals surface area contributed by atoms with E-state index in [2.05, 4.69) is 0 Å². The number of phenols is 1. The summed E-state index contributed by atoms with van der Waals surface area (Å²) in [5.74, 6) is -0.185. The second-order valence-electron chi connectivity index (χ2n) is 4.96. The fourth-order valence-electron chi connectivity index (χ4n) is 2.32. The van der Waals surface area contributed by atoms with E-state index in [0.29, 0.717) is 6.54 Å². The van der Waals surface area contributed by atoms with E-state index in [-0.39, 0.29) is 16.2 Å². The van der Waals surface area contributed by atoms with E-state index in [9.17, 15) is 13.5 Å². The van der Waals surface area contributed by atoms with E-state index >= 15 is 0 Å². The summed E-state index contributed by atoms with van der Waals surface area (Å²) in [6.45, 7) is 4.35. The Morgan fingerprint density at radius 3 is 2.47 bits per heavy atom. The van der Waals surface area contributed by atoms with Crippen molar-refractivity contribution in [2.75, 3.05) is 6.54 Å². The topological polar surface area (TPSA) is 57.6 Å². The maximum Gasteiger partial charge on any atom is 0.247 e. The molecule has 0 aliphatic carbocycles. The second kappa shape index (κ2) is 3.99. The van der Waals surface area contributed by atoms with Crippen molar-refractivity contribution in [3.63, 3.8) is 0 Å². The molecular weight excluding hydrogens is 238 g/mol. The maximum atomic E-state index is 12.4. The summed E-state index contributed by atoms with van der Waals surface area (Å²) in [6, 6.07) is 6.08. The van der Waals surface area contributed by atoms with Crippen molar-refractivity contribution in [1.82, 2.24) is 4.31 Å². The van der Waals surface area contributed by atoms with Gasteiger partial charge in [-0.1, -0.05) is 12.1 Å². The van der Waals surface area contributed by atoms with E-state index in [1.54, 1.807) is 12.1 Å². The quantitative estimate of drug-likeness (QED) is 0.878. The van der Waals surface area contributed by atoms with Crippen molar-refractivity contribution in [3.05, 3.63) is 24.3 Å². The van der Waals surface area contributed by atoms with Crippen LogP contribution in [0.4, 0.5) is 0 Å². The van der Waals surface area contributed by atoms with Crippen LogP contribution >= 0.6 is 0 Å². The molecule has 1 N–H and O–H groups in total. The highest BCUT2D eigenvalue weighted by atomic mass is 32.2. The summed E-state index contributed by atoms with van der Waals surface area (Å²) in [5, 5.41) is 9.67. The largest absolute Gasteiger partial charge is 0.507 e. The standard InChI is InChI=1S/C12H17NO3S/c1-12(2)8-5-9-13(12)17(15,16)11-7-4-3-6-10(11)14/h3-4,6-7,14H,5,8-9H2,1-2H3. The van der Waals surface area contributed by atoms with Crippen LogP contribution in [0.15, 0.2) is 29.2 Å². The molecule has 0 bridgehead atoms. The van der Waals surface area contributed by atoms with E-state index in [1.165, 1.54) is 16.4 Å². The Morgan fingerprint density at radius 2 is 1.94 bits per heavy atom. The molecule has 0 spiro atoms. The molecule has 1 aromatic carbocycles. The van der Waals surface area contributed by atoms with E-state index < -0.39 is 10.0 Å². The Hall–Kier alpha value is -1.07. The van der Waals surface area contributed by atoms with Gasteiger partial charge in [-0.25, -0.2) is 8.42 Å². The molecule has 0 aromatic heterocycles. The summed E-state index contributed by atoms with van der Waals surface area (Å²) < 4.78 is 26.4. The average Bonchev–Trinajstić information content (AvgIpc) is 2.59. The smallest absolute Gasteiger partial charge is 0.247 e. The minimum Gasteiger partial charge on any atom is -0.507 e. The third-order valence-corrected chi connectivity index (χ3v) is 5.42. The van der Waals surface area contributed by atoms with Gasteiger partial charge in [-0.05, 0) is 38.8 Å². The van der Waals surface area contributed by atoms with Crippen molar-refractivity contribution in [1.29, 1.82) is 0 Å². The minimum absolute atomic E-state index is 0.00465. The van der Waals surface area contributed by atoms with Crippen LogP contribution < -0.4 is 0 Å². The molecule has 0 amide bonds. The molecule has 0 saturated carbocycles. The minimum atomic E-state index is -3.59. The van der Waals surface area contributed by atoms with Crippen LogP contribution in [0.25, 0.3) is 0 Å². The van der Waals surface area contributed by atoms with Gasteiger partial charge in [-0.2, -0.15) is 4.31 Å². The summed E-state index contributed by atoms with van der Waals surface area (Å²) in [6.07, 6.45) is 1.71. The number of sulfonamides is 1. The van der Waals surface area contributed by atoms with Gasteiger partial charge in [0.15, 0.2) is 0 Å². The summed E-state index contributed by atoms with van der Waals surface area (Å²) in [7, 11) is -3.59. The van der Waals surface area contributed by atoms with Crippen LogP contribution in [0.2, 0.25) is 0 Å². The third-order valence-electron chi connectivity index (χ3n) is 3.26. The van der Waals surface area contributed by atoms with Crippen LogP contribution in [-0.4, -0.2) is 29.9 Å². The lowest BCUT2D eigenvalue weighted by atomic mass is 10.0. The van der Waals surface area contributed by atoms with Crippen LogP contribution in [0.5, 0.6) is 5.75 Å². The van der Waals surface area contributed by atoms with Gasteiger partial charge in [0, 0.05) is 12.1 Å². The molecule has 5 heteroatoms. The predicted octanol–water partition coefficient (Wildman–Crippen LogP) is 1.96. The Kier molecular flexibility index (Phi) is 2.91. The fraction of sp³-hybridized carbons (Fsp3) is 0.500. The second-order valence-corrected chi connectivity index (χ2v) is 6.79. The molecule has 17 heavy (non-hydrogen) atoms. The van der Waals surface area contributed by atoms with Gasteiger partial charge in [-0.3, -0.25) is 0 Å². The van der Waals surface area contributed by atoms with Crippen LogP contribution in [-0.2, 0) is 10.0 Å². The highest BCUT2D eigenvalue weighted by Crippen LogP contribution is 2.36. The van der Waals surface area contributed by atoms with Crippen molar-refractivity contribution in [2.24, 2.45) is 0 Å². The number of phenolic OH excluding ortho intramolecular Hbond substituents is 1. The zero-order valence-electron chi connectivity index (χ0n) is 10.0. The normalized spacial score (nSPS) is 20.6. The lowest BCUT2D eigenvalue weighted by Gasteiger charge is -2.30. The molecule has 1 heterocycles. The monoisotopic (exact) mass is 255 g/mol. The first-order valence-electron chi connectivity index (χ1n) is 5.66. The maximum absolute atomic E-state index is 12.4. The van der Waals surface area contributed by atoms with Gasteiger partial charge in [-0.15, -0.1) is 0 Å². The Labute approximate surface area is 102 Å². The Balaban J connectivity index is 2.48. The first-order chi connectivity index (χ1) is 7.86. The van der Waals surface area contributed by atoms with Gasteiger partial charge in [0.05, 0.1) is 0 Å². The summed E-state index contributed by atoms with van der Waals surface area (Å²) in [4.78, 5) is -0.00465. The summed E-state index contributed by atoms with van der Waals surface area (Å²) >= 11 is 0. The van der Waals surface area contributed by atoms with Crippen molar-refractivity contribution in [3.8, 4) is 5.75 Å². The van der Waals surface area contributed by atoms with Gasteiger partial charge >= 0.3 is 0 Å². The molecule has 94 valence electrons. The van der Waals surface area contributed by atoms with Gasteiger partial charge in [0.2, 0.25) is 10.0 Å². The number of hydrogen-bond donors (Lipinski definition) is 1. The molecule has 0 radical (unpaired) electrons. The number of hydrogen-bond acceptors (Lipinski definition) is 3. The zero-order chi connectivity index (χ0) is 12.7. The van der Waals surface area contributed by atoms with Gasteiger partial charge < -0.3 is 5.11 Å².